The number of hydrogen-bond acceptors (Lipinski definition) is 12. The van der Waals surface area contributed by atoms with Crippen molar-refractivity contribution in [2.75, 3.05) is 32.8 Å². The quantitative estimate of drug-likeness (QED) is 0.231. The molecule has 6 aliphatic rings. The van der Waals surface area contributed by atoms with Gasteiger partial charge in [0.05, 0.1) is 29.7 Å². The highest BCUT2D eigenvalue weighted by atomic mass is 32.2. The van der Waals surface area contributed by atoms with Crippen molar-refractivity contribution >= 4 is 11.9 Å². The molecule has 5 aliphatic heterocycles. The van der Waals surface area contributed by atoms with Gasteiger partial charge in [-0.15, -0.1) is 5.10 Å². The van der Waals surface area contributed by atoms with Gasteiger partial charge in [-0.2, -0.15) is 24.2 Å². The van der Waals surface area contributed by atoms with E-state index < -0.39 is 11.6 Å². The Kier molecular flexibility index (Phi) is 10.3. The normalized spacial score (nSPS) is 38.1. The Hall–Kier alpha value is -1.21. The summed E-state index contributed by atoms with van der Waals surface area (Å²) in [6.45, 7) is 8.59. The number of hydrogen-bond donors (Lipinski definition) is 7. The van der Waals surface area contributed by atoms with Gasteiger partial charge in [0.25, 0.3) is 0 Å². The number of fused-ring (bicyclic) bond motifs is 7. The van der Waals surface area contributed by atoms with Crippen molar-refractivity contribution in [3.8, 4) is 5.88 Å². The number of halogens is 3. The summed E-state index contributed by atoms with van der Waals surface area (Å²) in [6, 6.07) is 1.78. The van der Waals surface area contributed by atoms with Gasteiger partial charge in [-0.1, -0.05) is 11.9 Å². The number of nitrogens with zero attached hydrogens (tertiary/aromatic N) is 4. The highest BCUT2D eigenvalue weighted by Crippen LogP contribution is 2.59. The summed E-state index contributed by atoms with van der Waals surface area (Å²) in [6.07, 6.45) is 7.64. The van der Waals surface area contributed by atoms with Crippen LogP contribution in [0.15, 0.2) is 12.3 Å². The smallest absolute Gasteiger partial charge is 0.394 e. The first-order valence-electron chi connectivity index (χ1n) is 17.8. The van der Waals surface area contributed by atoms with E-state index in [2.05, 4.69) is 66.0 Å². The molecule has 47 heavy (non-hydrogen) atoms. The maximum Gasteiger partial charge on any atom is 0.394 e. The molecule has 7 unspecified atom stereocenters. The molecule has 0 spiro atoms. The number of ether oxygens (including phenoxy) is 1. The van der Waals surface area contributed by atoms with Crippen LogP contribution in [0.25, 0.3) is 0 Å². The average molecular weight is 686 g/mol. The molecule has 4 bridgehead atoms. The predicted octanol–water partition coefficient (Wildman–Crippen LogP) is 3.12. The monoisotopic (exact) mass is 685 g/mol. The van der Waals surface area contributed by atoms with Gasteiger partial charge in [0.15, 0.2) is 0 Å². The average Bonchev–Trinajstić information content (AvgIpc) is 3.33. The van der Waals surface area contributed by atoms with Crippen LogP contribution in [0, 0.1) is 17.3 Å². The van der Waals surface area contributed by atoms with E-state index in [0.717, 1.165) is 64.7 Å². The standard InChI is InChI=1S/C31H54F3N11OS/c1-29(2)17-21-5-4-14-45-25(39-41-42-45)19-35-23-6-3-7-27(37-23)47-36-18-22-8-9-24(38-28(22)43(29)20-21)44-15-10-26(40-44)46-16-13-30(11-12-30)31(32,33)34/h10,15,21-25,27-28,35-39,41-42H,3-9,11-14,16-20H2,1-2H3/t21-,22?,23?,24?,25?,27?,28?/m0/s1. The van der Waals surface area contributed by atoms with Crippen LogP contribution >= 0.6 is 11.9 Å². The Bertz CT molecular complexity index is 1190. The molecule has 1 aromatic heterocycles. The third-order valence-electron chi connectivity index (χ3n) is 11.5. The van der Waals surface area contributed by atoms with Gasteiger partial charge >= 0.3 is 6.18 Å². The van der Waals surface area contributed by atoms with E-state index in [1.807, 2.05) is 22.8 Å². The fourth-order valence-corrected chi connectivity index (χ4v) is 9.52. The summed E-state index contributed by atoms with van der Waals surface area (Å²) in [5.74, 6) is 1.43. The lowest BCUT2D eigenvalue weighted by molar-refractivity contribution is -0.190. The largest absolute Gasteiger partial charge is 0.477 e. The van der Waals surface area contributed by atoms with Crippen molar-refractivity contribution in [3.63, 3.8) is 0 Å². The number of rotatable bonds is 5. The summed E-state index contributed by atoms with van der Waals surface area (Å²) in [7, 11) is 0. The van der Waals surface area contributed by atoms with Gasteiger partial charge in [0.1, 0.15) is 12.3 Å². The number of aromatic nitrogens is 2. The summed E-state index contributed by atoms with van der Waals surface area (Å²) < 4.78 is 51.5. The molecule has 1 saturated carbocycles. The molecule has 0 amide bonds. The summed E-state index contributed by atoms with van der Waals surface area (Å²) in [5.41, 5.74) is 8.25. The second-order valence-electron chi connectivity index (χ2n) is 15.3. The molecule has 6 heterocycles. The summed E-state index contributed by atoms with van der Waals surface area (Å²) >= 11 is 1.83. The number of piperidine rings is 2. The Morgan fingerprint density at radius 3 is 2.74 bits per heavy atom. The third-order valence-corrected chi connectivity index (χ3v) is 12.5. The van der Waals surface area contributed by atoms with Gasteiger partial charge < -0.3 is 4.74 Å². The maximum atomic E-state index is 13.4. The Morgan fingerprint density at radius 2 is 1.91 bits per heavy atom. The fraction of sp³-hybridized carbons (Fsp3) is 0.903. The van der Waals surface area contributed by atoms with Gasteiger partial charge in [0, 0.05) is 49.9 Å². The molecule has 6 fully saturated rings. The zero-order valence-electron chi connectivity index (χ0n) is 27.7. The molecular weight excluding hydrogens is 631 g/mol. The molecule has 0 radical (unpaired) electrons. The van der Waals surface area contributed by atoms with Crippen molar-refractivity contribution in [1.29, 1.82) is 0 Å². The molecule has 1 aliphatic carbocycles. The van der Waals surface area contributed by atoms with E-state index >= 15 is 0 Å². The zero-order valence-corrected chi connectivity index (χ0v) is 28.6. The van der Waals surface area contributed by atoms with Gasteiger partial charge in [-0.05, 0) is 90.4 Å². The van der Waals surface area contributed by atoms with E-state index in [1.165, 1.54) is 12.8 Å². The van der Waals surface area contributed by atoms with E-state index in [0.29, 0.717) is 29.3 Å². The van der Waals surface area contributed by atoms with Crippen LogP contribution in [-0.2, 0) is 0 Å². The Morgan fingerprint density at radius 1 is 1.04 bits per heavy atom. The minimum absolute atomic E-state index is 0.0103. The molecular formula is C31H54F3N11OS. The summed E-state index contributed by atoms with van der Waals surface area (Å²) in [4.78, 5) is 2.70. The third kappa shape index (κ3) is 7.92. The first-order chi connectivity index (χ1) is 22.6. The SMILES string of the molecule is CC1(C)C[C@@H]2CCCN3NNNC3CNC3CCCC(N3)SNCC3CCC(n4ccc(OCCC5(C(F)(F)F)CC5)n4)NC3N1C2. The van der Waals surface area contributed by atoms with E-state index in [-0.39, 0.29) is 49.9 Å². The van der Waals surface area contributed by atoms with Crippen molar-refractivity contribution in [2.24, 2.45) is 17.3 Å². The molecule has 7 rings (SSSR count). The van der Waals surface area contributed by atoms with Crippen LogP contribution in [-0.4, -0.2) is 88.1 Å². The van der Waals surface area contributed by atoms with Gasteiger partial charge in [0.2, 0.25) is 5.88 Å². The number of alkyl halides is 3. The number of nitrogens with one attached hydrogen (secondary N) is 7. The fourth-order valence-electron chi connectivity index (χ4n) is 8.49. The predicted molar refractivity (Wildman–Crippen MR) is 175 cm³/mol. The topological polar surface area (TPSA) is 118 Å². The zero-order chi connectivity index (χ0) is 32.6. The minimum atomic E-state index is -4.16. The first kappa shape index (κ1) is 34.2. The molecule has 1 aromatic rings. The van der Waals surface area contributed by atoms with Crippen molar-refractivity contribution in [2.45, 2.75) is 126 Å². The first-order valence-corrected chi connectivity index (χ1v) is 18.6. The minimum Gasteiger partial charge on any atom is -0.477 e. The lowest BCUT2D eigenvalue weighted by atomic mass is 9.90. The number of hydrazine groups is 3. The highest BCUT2D eigenvalue weighted by molar-refractivity contribution is 7.98. The molecule has 266 valence electrons. The van der Waals surface area contributed by atoms with Crippen molar-refractivity contribution in [1.82, 2.24) is 56.9 Å². The van der Waals surface area contributed by atoms with Gasteiger partial charge in [-0.3, -0.25) is 30.3 Å². The molecule has 7 N–H and O–H groups in total. The van der Waals surface area contributed by atoms with E-state index in [4.69, 9.17) is 4.74 Å². The van der Waals surface area contributed by atoms with E-state index in [1.54, 1.807) is 6.07 Å². The second kappa shape index (κ2) is 14.2. The Balaban J connectivity index is 1.02. The Labute approximate surface area is 280 Å². The van der Waals surface area contributed by atoms with Crippen LogP contribution in [0.3, 0.4) is 0 Å². The second-order valence-corrected chi connectivity index (χ2v) is 16.3. The van der Waals surface area contributed by atoms with E-state index in [9.17, 15) is 13.2 Å². The molecule has 5 saturated heterocycles. The molecule has 0 aromatic carbocycles. The van der Waals surface area contributed by atoms with Crippen LogP contribution in [0.1, 0.15) is 90.6 Å². The lowest BCUT2D eigenvalue weighted by Crippen LogP contribution is -2.60. The summed E-state index contributed by atoms with van der Waals surface area (Å²) in [5, 5.41) is 18.8. The lowest BCUT2D eigenvalue weighted by Gasteiger charge is -2.47. The van der Waals surface area contributed by atoms with Crippen LogP contribution in [0.4, 0.5) is 13.2 Å². The molecule has 16 heteroatoms. The van der Waals surface area contributed by atoms with Crippen molar-refractivity contribution in [3.05, 3.63) is 12.3 Å². The van der Waals surface area contributed by atoms with Crippen LogP contribution < -0.4 is 41.9 Å². The highest BCUT2D eigenvalue weighted by Gasteiger charge is 2.62. The van der Waals surface area contributed by atoms with Gasteiger partial charge in [-0.25, -0.2) is 10.4 Å². The maximum absolute atomic E-state index is 13.4. The van der Waals surface area contributed by atoms with Crippen LogP contribution in [0.2, 0.25) is 0 Å². The van der Waals surface area contributed by atoms with Crippen molar-refractivity contribution < 1.29 is 17.9 Å². The van der Waals surface area contributed by atoms with Crippen LogP contribution in [0.5, 0.6) is 5.88 Å². The molecule has 12 nitrogen and oxygen atoms in total. The molecule has 8 atom stereocenters.